The Bertz CT molecular complexity index is 4300. The highest BCUT2D eigenvalue weighted by Crippen LogP contribution is 2.39. The summed E-state index contributed by atoms with van der Waals surface area (Å²) in [6.45, 7) is 17.6. The zero-order chi connectivity index (χ0) is 80.2. The molecule has 8 atom stereocenters. The molecule has 8 aliphatic heterocycles. The first-order chi connectivity index (χ1) is 53.8. The maximum atomic E-state index is 13.8. The fraction of sp³-hybridized carbons (Fsp3) is 0.483. The van der Waals surface area contributed by atoms with Gasteiger partial charge in [0.2, 0.25) is 23.6 Å². The van der Waals surface area contributed by atoms with Crippen molar-refractivity contribution in [2.24, 2.45) is 55.5 Å². The third kappa shape index (κ3) is 18.8. The van der Waals surface area contributed by atoms with E-state index in [2.05, 4.69) is 108 Å². The first kappa shape index (κ1) is 82.1. The lowest BCUT2D eigenvalue weighted by Gasteiger charge is -2.31. The second-order valence-electron chi connectivity index (χ2n) is 31.3. The van der Waals surface area contributed by atoms with Crippen LogP contribution in [0.2, 0.25) is 0 Å². The summed E-state index contributed by atoms with van der Waals surface area (Å²) in [5.74, 6) is -2.24. The van der Waals surface area contributed by atoms with Crippen LogP contribution in [0.3, 0.4) is 0 Å². The van der Waals surface area contributed by atoms with Crippen molar-refractivity contribution in [1.29, 1.82) is 0 Å². The topological polar surface area (TPSA) is 289 Å². The first-order valence-electron chi connectivity index (χ1n) is 39.1. The van der Waals surface area contributed by atoms with Gasteiger partial charge in [-0.25, -0.2) is 14.4 Å². The number of hydrogen-bond acceptors (Lipinski definition) is 18. The van der Waals surface area contributed by atoms with Crippen LogP contribution in [0, 0.1) is 35.5 Å². The standard InChI is InChI=1S/C44H54N6O8.C43H53N5O6/c1-26(2)34(21-39(51)56-5)41(52)49-18-8-9-37(49)35-19-32(22-45-35)30-14-10-28(11-15-30)29-12-16-31(17-13-29)33-20-36(46-23-33)38-24-48(44(55)58-7)25-50(38)42(53)40(27(3)4)47-43(54)57-6;1-26(2)34(23-39(49)53-5)41(50)47-19-7-9-37(47)35-21-32(24-44-35)30-15-11-28(12-16-30)29-13-17-31(18-14-29)33-22-36(45-25-33)38-10-8-20-48(38)42(51)40(27(3)4)46-43(52)54-6/h10-17,22-23,26-27,34,37-38,40H,8-9,18-21,24-25H2,1-7H3,(H,47,54);11-18,24-27,34,37-38,40H,7-10,19-23H2,1-6H3,(H,46,52)/t2*34-,37-,38-,40-/m00/s1. The Hall–Kier alpha value is -10.8. The number of esters is 2. The van der Waals surface area contributed by atoms with Crippen molar-refractivity contribution >= 4 is 99.0 Å². The summed E-state index contributed by atoms with van der Waals surface area (Å²) in [7, 11) is 6.57. The number of allylic oxidation sites excluding steroid dienone is 4. The zero-order valence-corrected chi connectivity index (χ0v) is 66.7. The molecule has 0 saturated carbocycles. The Balaban J connectivity index is 0.000000222. The van der Waals surface area contributed by atoms with Gasteiger partial charge in [0.25, 0.3) is 0 Å². The Morgan fingerprint density at radius 2 is 0.652 bits per heavy atom. The van der Waals surface area contributed by atoms with Crippen molar-refractivity contribution in [3.63, 3.8) is 0 Å². The summed E-state index contributed by atoms with van der Waals surface area (Å²) in [6.07, 6.45) is 13.7. The van der Waals surface area contributed by atoms with Gasteiger partial charge < -0.3 is 53.9 Å². The average molecular weight is 1530 g/mol. The van der Waals surface area contributed by atoms with Gasteiger partial charge in [-0.15, -0.1) is 0 Å². The summed E-state index contributed by atoms with van der Waals surface area (Å²) in [5, 5.41) is 5.36. The number of amides is 7. The summed E-state index contributed by atoms with van der Waals surface area (Å²) in [6, 6.07) is 31.5. The molecule has 0 spiro atoms. The number of nitrogens with zero attached hydrogens (tertiary/aromatic N) is 9. The fourth-order valence-electron chi connectivity index (χ4n) is 16.3. The zero-order valence-electron chi connectivity index (χ0n) is 66.7. The van der Waals surface area contributed by atoms with Gasteiger partial charge in [-0.2, -0.15) is 0 Å². The van der Waals surface area contributed by atoms with E-state index in [1.54, 1.807) is 4.90 Å². The molecule has 25 nitrogen and oxygen atoms in total. The number of benzene rings is 4. The van der Waals surface area contributed by atoms with Gasteiger partial charge in [0, 0.05) is 93.0 Å². The van der Waals surface area contributed by atoms with Crippen LogP contribution in [0.1, 0.15) is 155 Å². The summed E-state index contributed by atoms with van der Waals surface area (Å²) in [4.78, 5) is 143. The Morgan fingerprint density at radius 1 is 0.366 bits per heavy atom. The number of alkyl carbamates (subject to hydrolysis) is 2. The highest BCUT2D eigenvalue weighted by atomic mass is 16.6. The highest BCUT2D eigenvalue weighted by Gasteiger charge is 2.46. The molecule has 4 fully saturated rings. The minimum atomic E-state index is -0.853. The van der Waals surface area contributed by atoms with Crippen molar-refractivity contribution in [1.82, 2.24) is 35.1 Å². The van der Waals surface area contributed by atoms with Crippen molar-refractivity contribution in [3.05, 3.63) is 144 Å². The van der Waals surface area contributed by atoms with Gasteiger partial charge in [0.05, 0.1) is 97.6 Å². The summed E-state index contributed by atoms with van der Waals surface area (Å²) in [5.41, 5.74) is 16.7. The predicted molar refractivity (Wildman–Crippen MR) is 431 cm³/mol. The quantitative estimate of drug-likeness (QED) is 0.0487. The van der Waals surface area contributed by atoms with E-state index < -0.39 is 48.2 Å². The van der Waals surface area contributed by atoms with Crippen LogP contribution in [0.15, 0.2) is 142 Å². The Morgan fingerprint density at radius 3 is 0.929 bits per heavy atom. The molecule has 8 heterocycles. The molecular weight excluding hydrogens is 1420 g/mol. The Kier molecular flexibility index (Phi) is 27.1. The van der Waals surface area contributed by atoms with Gasteiger partial charge in [-0.3, -0.25) is 53.6 Å². The van der Waals surface area contributed by atoms with Gasteiger partial charge in [-0.1, -0.05) is 152 Å². The minimum absolute atomic E-state index is 0.00262. The molecule has 4 aromatic rings. The number of ether oxygens (including phenoxy) is 5. The third-order valence-corrected chi connectivity index (χ3v) is 22.9. The molecule has 0 bridgehead atoms. The van der Waals surface area contributed by atoms with E-state index in [9.17, 15) is 43.2 Å². The van der Waals surface area contributed by atoms with Crippen LogP contribution in [0.5, 0.6) is 0 Å². The molecule has 4 saturated heterocycles. The number of hydrogen-bond donors (Lipinski definition) is 2. The van der Waals surface area contributed by atoms with E-state index in [4.69, 9.17) is 43.7 Å². The van der Waals surface area contributed by atoms with Crippen LogP contribution in [0.4, 0.5) is 14.4 Å². The molecule has 12 rings (SSSR count). The van der Waals surface area contributed by atoms with Crippen LogP contribution in [-0.2, 0) is 52.5 Å². The number of aliphatic imine (C=N–C) groups is 4. The van der Waals surface area contributed by atoms with Gasteiger partial charge in [0.1, 0.15) is 12.1 Å². The number of rotatable bonds is 24. The van der Waals surface area contributed by atoms with E-state index >= 15 is 0 Å². The SMILES string of the molecule is COC(=O)C[C@H](C(=O)N1CCC[C@H]1C1=NC=C(c2ccc(-c3ccc(C4=CN=C([C@@H]5CCCN5C(=O)[C@@H](NC(=O)OC)C(C)C)C4)cc3)cc2)C1)C(C)C.COC(=O)C[C@H](C(=O)N1CCC[C@H]1C1=NC=C(c2ccc(-c3ccc(C4=CN=C([C@@H]5CN(C(=O)OC)CN5C(=O)[C@@H](NC(=O)OC)C(C)C)C4)cc3)cc2)C1)C(C)C. The fourth-order valence-corrected chi connectivity index (χ4v) is 16.3. The first-order valence-corrected chi connectivity index (χ1v) is 39.1. The predicted octanol–water partition coefficient (Wildman–Crippen LogP) is 13.1. The molecule has 112 heavy (non-hydrogen) atoms. The number of carbonyl (C=O) groups excluding carboxylic acids is 9. The van der Waals surface area contributed by atoms with Crippen molar-refractivity contribution in [3.8, 4) is 22.3 Å². The number of nitrogens with one attached hydrogen (secondary N) is 2. The number of likely N-dealkylation sites (tertiary alicyclic amines) is 3. The second-order valence-corrected chi connectivity index (χ2v) is 31.3. The monoisotopic (exact) mass is 1530 g/mol. The van der Waals surface area contributed by atoms with E-state index in [1.165, 1.54) is 40.4 Å². The smallest absolute Gasteiger partial charge is 0.410 e. The maximum absolute atomic E-state index is 13.8. The average Bonchev–Trinajstić information content (AvgIpc) is 1.63. The molecule has 0 aromatic heterocycles. The van der Waals surface area contributed by atoms with Crippen LogP contribution in [0.25, 0.3) is 44.5 Å². The molecule has 8 aliphatic rings. The molecule has 0 aliphatic carbocycles. The molecule has 0 radical (unpaired) electrons. The van der Waals surface area contributed by atoms with Gasteiger partial charge >= 0.3 is 30.2 Å². The van der Waals surface area contributed by atoms with Crippen LogP contribution >= 0.6 is 0 Å². The molecule has 594 valence electrons. The van der Waals surface area contributed by atoms with Crippen molar-refractivity contribution < 1.29 is 66.8 Å². The minimum Gasteiger partial charge on any atom is -0.469 e. The largest absolute Gasteiger partial charge is 0.469 e. The summed E-state index contributed by atoms with van der Waals surface area (Å²) >= 11 is 0. The van der Waals surface area contributed by atoms with Gasteiger partial charge in [0.15, 0.2) is 0 Å². The normalized spacial score (nSPS) is 20.4. The van der Waals surface area contributed by atoms with Crippen molar-refractivity contribution in [2.45, 2.75) is 169 Å². The van der Waals surface area contributed by atoms with E-state index in [-0.39, 0.29) is 103 Å². The number of methoxy groups -OCH3 is 5. The molecule has 4 aromatic carbocycles. The molecule has 25 heteroatoms. The molecular formula is C87H107N11O14. The van der Waals surface area contributed by atoms with E-state index in [0.717, 1.165) is 128 Å². The van der Waals surface area contributed by atoms with E-state index in [1.807, 2.05) is 94.9 Å². The lowest BCUT2D eigenvalue weighted by molar-refractivity contribution is -0.148. The Labute approximate surface area is 656 Å². The second kappa shape index (κ2) is 37.0. The van der Waals surface area contributed by atoms with Crippen molar-refractivity contribution in [2.75, 3.05) is 68.4 Å². The molecule has 0 unspecified atom stereocenters. The third-order valence-electron chi connectivity index (χ3n) is 22.9. The molecule has 2 N–H and O–H groups in total. The maximum Gasteiger partial charge on any atom is 0.410 e. The lowest BCUT2D eigenvalue weighted by atomic mass is 9.90. The van der Waals surface area contributed by atoms with Crippen LogP contribution in [-0.4, -0.2) is 206 Å². The van der Waals surface area contributed by atoms with Crippen LogP contribution < -0.4 is 10.6 Å². The molecule has 7 amide bonds. The van der Waals surface area contributed by atoms with E-state index in [0.29, 0.717) is 45.3 Å². The highest BCUT2D eigenvalue weighted by molar-refractivity contribution is 6.07. The number of carbonyl (C=O) groups is 9. The van der Waals surface area contributed by atoms with Gasteiger partial charge in [-0.05, 0) is 129 Å². The lowest BCUT2D eigenvalue weighted by Crippen LogP contribution is -2.54. The summed E-state index contributed by atoms with van der Waals surface area (Å²) < 4.78 is 24.2.